The van der Waals surface area contributed by atoms with E-state index in [9.17, 15) is 22.8 Å². The average molecular weight is 464 g/mol. The lowest BCUT2D eigenvalue weighted by Gasteiger charge is -2.31. The molecule has 168 valence electrons. The summed E-state index contributed by atoms with van der Waals surface area (Å²) in [6.07, 6.45) is -2.13. The number of hydrogen-bond acceptors (Lipinski definition) is 6. The van der Waals surface area contributed by atoms with Gasteiger partial charge in [-0.1, -0.05) is 17.4 Å². The molecule has 3 aromatic rings. The number of carboxylic acid groups (broad SMARTS) is 1. The molecular formula is C21H19F3N4O3S. The van der Waals surface area contributed by atoms with Gasteiger partial charge >= 0.3 is 12.1 Å². The fraction of sp³-hybridized carbons (Fsp3) is 0.333. The number of pyridine rings is 1. The molecule has 3 heterocycles. The van der Waals surface area contributed by atoms with Gasteiger partial charge in [0, 0.05) is 31.7 Å². The van der Waals surface area contributed by atoms with Gasteiger partial charge in [0.15, 0.2) is 5.13 Å². The molecule has 1 aromatic carbocycles. The van der Waals surface area contributed by atoms with Crippen LogP contribution in [0.5, 0.6) is 0 Å². The van der Waals surface area contributed by atoms with Gasteiger partial charge in [0.25, 0.3) is 0 Å². The molecule has 0 spiro atoms. The van der Waals surface area contributed by atoms with Crippen LogP contribution in [0.25, 0.3) is 10.2 Å². The molecule has 2 N–H and O–H groups in total. The van der Waals surface area contributed by atoms with E-state index in [1.807, 2.05) is 0 Å². The molecule has 11 heteroatoms. The van der Waals surface area contributed by atoms with Crippen molar-refractivity contribution in [2.24, 2.45) is 5.92 Å². The van der Waals surface area contributed by atoms with Gasteiger partial charge in [-0.05, 0) is 42.7 Å². The Morgan fingerprint density at radius 2 is 1.94 bits per heavy atom. The number of carbonyl (C=O) groups is 2. The normalized spacial score (nSPS) is 15.2. The molecule has 1 amide bonds. The van der Waals surface area contributed by atoms with Gasteiger partial charge in [-0.25, -0.2) is 9.78 Å². The lowest BCUT2D eigenvalue weighted by atomic mass is 9.96. The van der Waals surface area contributed by atoms with Crippen molar-refractivity contribution in [1.29, 1.82) is 0 Å². The Morgan fingerprint density at radius 1 is 1.19 bits per heavy atom. The molecule has 32 heavy (non-hydrogen) atoms. The third-order valence-electron chi connectivity index (χ3n) is 5.34. The molecule has 1 fully saturated rings. The van der Waals surface area contributed by atoms with Crippen molar-refractivity contribution < 1.29 is 27.9 Å². The Hall–Kier alpha value is -3.21. The van der Waals surface area contributed by atoms with Crippen LogP contribution in [-0.2, 0) is 17.5 Å². The Kier molecular flexibility index (Phi) is 6.00. The van der Waals surface area contributed by atoms with Crippen LogP contribution in [0.3, 0.4) is 0 Å². The third kappa shape index (κ3) is 4.82. The molecule has 7 nitrogen and oxygen atoms in total. The maximum atomic E-state index is 12.6. The number of piperidine rings is 1. The first-order valence-corrected chi connectivity index (χ1v) is 10.7. The molecule has 1 aliphatic heterocycles. The van der Waals surface area contributed by atoms with E-state index in [4.69, 9.17) is 5.11 Å². The molecular weight excluding hydrogens is 445 g/mol. The van der Waals surface area contributed by atoms with E-state index in [2.05, 4.69) is 20.2 Å². The highest BCUT2D eigenvalue weighted by atomic mass is 32.1. The van der Waals surface area contributed by atoms with Gasteiger partial charge in [0.1, 0.15) is 5.69 Å². The van der Waals surface area contributed by atoms with Crippen LogP contribution >= 0.6 is 11.3 Å². The number of aromatic nitrogens is 2. The number of carbonyl (C=O) groups excluding carboxylic acids is 1. The van der Waals surface area contributed by atoms with E-state index in [0.717, 1.165) is 27.6 Å². The molecule has 0 radical (unpaired) electrons. The number of hydrogen-bond donors (Lipinski definition) is 2. The van der Waals surface area contributed by atoms with Crippen LogP contribution < -0.4 is 10.2 Å². The minimum atomic E-state index is -4.49. The van der Waals surface area contributed by atoms with Crippen LogP contribution in [0.4, 0.5) is 18.3 Å². The van der Waals surface area contributed by atoms with Crippen LogP contribution in [0.1, 0.15) is 34.5 Å². The van der Waals surface area contributed by atoms with Gasteiger partial charge in [0.2, 0.25) is 5.91 Å². The molecule has 0 aliphatic carbocycles. The zero-order chi connectivity index (χ0) is 22.9. The minimum absolute atomic E-state index is 0.119. The number of alkyl halides is 3. The highest BCUT2D eigenvalue weighted by Crippen LogP contribution is 2.32. The molecule has 0 unspecified atom stereocenters. The van der Waals surface area contributed by atoms with Crippen LogP contribution in [0.2, 0.25) is 0 Å². The fourth-order valence-electron chi connectivity index (χ4n) is 3.54. The summed E-state index contributed by atoms with van der Waals surface area (Å²) in [4.78, 5) is 33.7. The number of carboxylic acids is 1. The van der Waals surface area contributed by atoms with Crippen molar-refractivity contribution in [3.8, 4) is 0 Å². The largest absolute Gasteiger partial charge is 0.478 e. The molecule has 0 bridgehead atoms. The molecule has 1 aliphatic rings. The standard InChI is InChI=1S/C21H19F3N4O3S/c22-21(23,24)17-4-1-12(10-25-17)11-26-18(29)13-5-7-28(8-6-13)20-27-15-3-2-14(19(30)31)9-16(15)32-20/h1-4,9-10,13H,5-8,11H2,(H,26,29)(H,30,31). The first-order valence-electron chi connectivity index (χ1n) is 9.89. The lowest BCUT2D eigenvalue weighted by Crippen LogP contribution is -2.40. The summed E-state index contributed by atoms with van der Waals surface area (Å²) in [5.74, 6) is -1.32. The number of rotatable bonds is 5. The Labute approximate surface area is 184 Å². The van der Waals surface area contributed by atoms with Gasteiger partial charge in [0.05, 0.1) is 15.8 Å². The number of amides is 1. The second kappa shape index (κ2) is 8.73. The molecule has 1 saturated heterocycles. The Morgan fingerprint density at radius 3 is 2.56 bits per heavy atom. The van der Waals surface area contributed by atoms with Crippen molar-refractivity contribution >= 4 is 38.6 Å². The minimum Gasteiger partial charge on any atom is -0.478 e. The third-order valence-corrected chi connectivity index (χ3v) is 6.42. The first kappa shape index (κ1) is 22.0. The van der Waals surface area contributed by atoms with Crippen molar-refractivity contribution in [3.05, 3.63) is 53.3 Å². The fourth-order valence-corrected chi connectivity index (χ4v) is 4.60. The summed E-state index contributed by atoms with van der Waals surface area (Å²) >= 11 is 1.42. The molecule has 4 rings (SSSR count). The van der Waals surface area contributed by atoms with E-state index in [-0.39, 0.29) is 23.9 Å². The number of aromatic carboxylic acids is 1. The average Bonchev–Trinajstić information content (AvgIpc) is 3.20. The van der Waals surface area contributed by atoms with Crippen molar-refractivity contribution in [2.45, 2.75) is 25.6 Å². The maximum Gasteiger partial charge on any atom is 0.433 e. The Bertz CT molecular complexity index is 1140. The predicted octanol–water partition coefficient (Wildman–Crippen LogP) is 3.94. The molecule has 2 aromatic heterocycles. The summed E-state index contributed by atoms with van der Waals surface area (Å²) in [5, 5.41) is 12.7. The number of nitrogens with zero attached hydrogens (tertiary/aromatic N) is 3. The van der Waals surface area contributed by atoms with E-state index in [0.29, 0.717) is 31.5 Å². The number of fused-ring (bicyclic) bond motifs is 1. The summed E-state index contributed by atoms with van der Waals surface area (Å²) in [6, 6.07) is 7.03. The quantitative estimate of drug-likeness (QED) is 0.594. The second-order valence-electron chi connectivity index (χ2n) is 7.51. The van der Waals surface area contributed by atoms with Gasteiger partial charge in [-0.3, -0.25) is 9.78 Å². The van der Waals surface area contributed by atoms with E-state index in [1.165, 1.54) is 23.5 Å². The summed E-state index contributed by atoms with van der Waals surface area (Å²) in [5.41, 5.74) is 0.485. The highest BCUT2D eigenvalue weighted by molar-refractivity contribution is 7.22. The molecule has 0 saturated carbocycles. The SMILES string of the molecule is O=C(O)c1ccc2nc(N3CCC(C(=O)NCc4ccc(C(F)(F)F)nc4)CC3)sc2c1. The zero-order valence-corrected chi connectivity index (χ0v) is 17.5. The van der Waals surface area contributed by atoms with E-state index in [1.54, 1.807) is 12.1 Å². The smallest absolute Gasteiger partial charge is 0.433 e. The maximum absolute atomic E-state index is 12.6. The van der Waals surface area contributed by atoms with Crippen molar-refractivity contribution in [3.63, 3.8) is 0 Å². The van der Waals surface area contributed by atoms with Gasteiger partial charge in [-0.2, -0.15) is 13.2 Å². The summed E-state index contributed by atoms with van der Waals surface area (Å²) in [6.45, 7) is 1.38. The van der Waals surface area contributed by atoms with E-state index >= 15 is 0 Å². The summed E-state index contributed by atoms with van der Waals surface area (Å²) < 4.78 is 38.5. The zero-order valence-electron chi connectivity index (χ0n) is 16.7. The van der Waals surface area contributed by atoms with Crippen LogP contribution in [0, 0.1) is 5.92 Å². The first-order chi connectivity index (χ1) is 15.2. The van der Waals surface area contributed by atoms with Crippen molar-refractivity contribution in [2.75, 3.05) is 18.0 Å². The number of nitrogens with one attached hydrogen (secondary N) is 1. The number of thiazole rings is 1. The Balaban J connectivity index is 1.31. The highest BCUT2D eigenvalue weighted by Gasteiger charge is 2.32. The van der Waals surface area contributed by atoms with Crippen LogP contribution in [0.15, 0.2) is 36.5 Å². The van der Waals surface area contributed by atoms with E-state index < -0.39 is 17.8 Å². The lowest BCUT2D eigenvalue weighted by molar-refractivity contribution is -0.141. The van der Waals surface area contributed by atoms with Crippen LogP contribution in [-0.4, -0.2) is 40.0 Å². The molecule has 0 atom stereocenters. The summed E-state index contributed by atoms with van der Waals surface area (Å²) in [7, 11) is 0. The van der Waals surface area contributed by atoms with Gasteiger partial charge < -0.3 is 15.3 Å². The number of benzene rings is 1. The second-order valence-corrected chi connectivity index (χ2v) is 8.52. The van der Waals surface area contributed by atoms with Gasteiger partial charge in [-0.15, -0.1) is 0 Å². The number of halogens is 3. The topological polar surface area (TPSA) is 95.4 Å². The monoisotopic (exact) mass is 464 g/mol. The number of anilines is 1. The predicted molar refractivity (Wildman–Crippen MR) is 113 cm³/mol. The van der Waals surface area contributed by atoms with Crippen molar-refractivity contribution in [1.82, 2.24) is 15.3 Å².